The molecule has 4 heteroatoms. The van der Waals surface area contributed by atoms with Crippen LogP contribution in [0.15, 0.2) is 18.2 Å². The molecule has 1 atom stereocenters. The molecule has 20 heavy (non-hydrogen) atoms. The lowest BCUT2D eigenvalue weighted by molar-refractivity contribution is -0.146. The lowest BCUT2D eigenvalue weighted by Gasteiger charge is -2.36. The average molecular weight is 275 g/mol. The van der Waals surface area contributed by atoms with E-state index in [2.05, 4.69) is 5.32 Å². The van der Waals surface area contributed by atoms with Crippen molar-refractivity contribution >= 4 is 5.97 Å². The highest BCUT2D eigenvalue weighted by atomic mass is 16.5. The van der Waals surface area contributed by atoms with Crippen molar-refractivity contribution in [3.05, 3.63) is 29.3 Å². The van der Waals surface area contributed by atoms with E-state index in [1.54, 1.807) is 7.11 Å². The fourth-order valence-electron chi connectivity index (χ4n) is 3.12. The number of hydrogen-bond acceptors (Lipinski definition) is 3. The van der Waals surface area contributed by atoms with Crippen LogP contribution in [0.5, 0.6) is 5.75 Å². The molecule has 0 aliphatic heterocycles. The molecule has 0 aromatic heterocycles. The van der Waals surface area contributed by atoms with Crippen molar-refractivity contribution in [1.29, 1.82) is 0 Å². The number of methoxy groups -OCH3 is 1. The first kappa shape index (κ1) is 13.4. The largest absolute Gasteiger partial charge is 0.497 e. The number of benzene rings is 1. The van der Waals surface area contributed by atoms with Crippen LogP contribution in [0.25, 0.3) is 0 Å². The molecule has 0 amide bonds. The number of ether oxygens (including phenoxy) is 1. The summed E-state index contributed by atoms with van der Waals surface area (Å²) in [7, 11) is 1.64. The maximum Gasteiger partial charge on any atom is 0.328 e. The Bertz CT molecular complexity index is 524. The molecule has 108 valence electrons. The first-order valence-electron chi connectivity index (χ1n) is 7.31. The fraction of sp³-hybridized carbons (Fsp3) is 0.562. The molecule has 1 aromatic rings. The highest BCUT2D eigenvalue weighted by Gasteiger charge is 2.44. The van der Waals surface area contributed by atoms with E-state index in [4.69, 9.17) is 4.74 Å². The summed E-state index contributed by atoms with van der Waals surface area (Å²) in [6.07, 6.45) is 4.92. The number of hydrogen-bond donors (Lipinski definition) is 2. The molecule has 0 heterocycles. The summed E-state index contributed by atoms with van der Waals surface area (Å²) in [6, 6.07) is 5.76. The number of rotatable bonds is 5. The highest BCUT2D eigenvalue weighted by molar-refractivity contribution is 5.82. The molecule has 0 bridgehead atoms. The minimum absolute atomic E-state index is 0.661. The molecular formula is C16H21NO3. The van der Waals surface area contributed by atoms with Crippen LogP contribution in [0.1, 0.15) is 36.8 Å². The van der Waals surface area contributed by atoms with Crippen LogP contribution < -0.4 is 10.1 Å². The smallest absolute Gasteiger partial charge is 0.328 e. The van der Waals surface area contributed by atoms with Crippen molar-refractivity contribution in [2.45, 2.75) is 37.6 Å². The van der Waals surface area contributed by atoms with Crippen LogP contribution in [-0.2, 0) is 16.8 Å². The molecule has 0 saturated heterocycles. The van der Waals surface area contributed by atoms with Crippen molar-refractivity contribution < 1.29 is 14.6 Å². The van der Waals surface area contributed by atoms with Gasteiger partial charge in [-0.3, -0.25) is 5.32 Å². The standard InChI is InChI=1S/C16H21NO3/c1-20-13-6-7-14-12(9-13)3-2-8-16(14,15(18)19)17-10-11-4-5-11/h6-7,9,11,17H,2-5,8,10H2,1H3,(H,18,19). The van der Waals surface area contributed by atoms with E-state index in [-0.39, 0.29) is 0 Å². The van der Waals surface area contributed by atoms with Gasteiger partial charge in [0.1, 0.15) is 11.3 Å². The van der Waals surface area contributed by atoms with Gasteiger partial charge in [-0.15, -0.1) is 0 Å². The zero-order valence-electron chi connectivity index (χ0n) is 11.8. The second-order valence-corrected chi connectivity index (χ2v) is 5.91. The lowest BCUT2D eigenvalue weighted by atomic mass is 9.76. The average Bonchev–Trinajstić information content (AvgIpc) is 3.28. The minimum atomic E-state index is -0.914. The number of nitrogens with one attached hydrogen (secondary N) is 1. The van der Waals surface area contributed by atoms with E-state index in [1.807, 2.05) is 18.2 Å². The van der Waals surface area contributed by atoms with Crippen LogP contribution in [0.3, 0.4) is 0 Å². The molecule has 1 fully saturated rings. The van der Waals surface area contributed by atoms with Crippen LogP contribution in [0, 0.1) is 5.92 Å². The fourth-order valence-corrected chi connectivity index (χ4v) is 3.12. The first-order valence-corrected chi connectivity index (χ1v) is 7.31. The Hall–Kier alpha value is -1.55. The van der Waals surface area contributed by atoms with Crippen molar-refractivity contribution in [1.82, 2.24) is 5.32 Å². The van der Waals surface area contributed by atoms with Gasteiger partial charge >= 0.3 is 5.97 Å². The molecular weight excluding hydrogens is 254 g/mol. The minimum Gasteiger partial charge on any atom is -0.497 e. The van der Waals surface area contributed by atoms with Gasteiger partial charge in [-0.1, -0.05) is 6.07 Å². The summed E-state index contributed by atoms with van der Waals surface area (Å²) in [5, 5.41) is 13.2. The van der Waals surface area contributed by atoms with E-state index in [1.165, 1.54) is 12.8 Å². The maximum atomic E-state index is 11.9. The van der Waals surface area contributed by atoms with Crippen LogP contribution >= 0.6 is 0 Å². The third-order valence-corrected chi connectivity index (χ3v) is 4.52. The van der Waals surface area contributed by atoms with Gasteiger partial charge in [-0.2, -0.15) is 0 Å². The van der Waals surface area contributed by atoms with Gasteiger partial charge < -0.3 is 9.84 Å². The Labute approximate surface area is 119 Å². The Balaban J connectivity index is 1.96. The topological polar surface area (TPSA) is 58.6 Å². The van der Waals surface area contributed by atoms with E-state index < -0.39 is 11.5 Å². The molecule has 2 aliphatic rings. The second kappa shape index (κ2) is 5.09. The van der Waals surface area contributed by atoms with Gasteiger partial charge in [-0.05, 0) is 67.8 Å². The van der Waals surface area contributed by atoms with Crippen LogP contribution in [-0.4, -0.2) is 24.7 Å². The Morgan fingerprint density at radius 3 is 2.95 bits per heavy atom. The quantitative estimate of drug-likeness (QED) is 0.865. The molecule has 0 spiro atoms. The third kappa shape index (κ3) is 2.29. The molecule has 2 aliphatic carbocycles. The number of fused-ring (bicyclic) bond motifs is 1. The molecule has 2 N–H and O–H groups in total. The predicted octanol–water partition coefficient (Wildman–Crippen LogP) is 2.31. The summed E-state index contributed by atoms with van der Waals surface area (Å²) in [5.41, 5.74) is 1.10. The summed E-state index contributed by atoms with van der Waals surface area (Å²) >= 11 is 0. The lowest BCUT2D eigenvalue weighted by Crippen LogP contribution is -2.52. The summed E-state index contributed by atoms with van der Waals surface area (Å²) < 4.78 is 5.25. The molecule has 4 nitrogen and oxygen atoms in total. The third-order valence-electron chi connectivity index (χ3n) is 4.52. The highest BCUT2D eigenvalue weighted by Crippen LogP contribution is 2.38. The Morgan fingerprint density at radius 1 is 1.50 bits per heavy atom. The van der Waals surface area contributed by atoms with Crippen LogP contribution in [0.2, 0.25) is 0 Å². The predicted molar refractivity (Wildman–Crippen MR) is 76.0 cm³/mol. The molecule has 0 radical (unpaired) electrons. The number of carboxylic acids is 1. The van der Waals surface area contributed by atoms with Crippen molar-refractivity contribution in [3.63, 3.8) is 0 Å². The molecule has 1 aromatic carbocycles. The molecule has 1 unspecified atom stereocenters. The monoisotopic (exact) mass is 275 g/mol. The second-order valence-electron chi connectivity index (χ2n) is 5.91. The van der Waals surface area contributed by atoms with Crippen LogP contribution in [0.4, 0.5) is 0 Å². The number of carbonyl (C=O) groups is 1. The molecule has 1 saturated carbocycles. The number of aliphatic carboxylic acids is 1. The van der Waals surface area contributed by atoms with Crippen molar-refractivity contribution in [3.8, 4) is 5.75 Å². The van der Waals surface area contributed by atoms with E-state index >= 15 is 0 Å². The number of aryl methyl sites for hydroxylation is 1. The van der Waals surface area contributed by atoms with E-state index in [0.29, 0.717) is 12.3 Å². The molecule has 3 rings (SSSR count). The zero-order valence-corrected chi connectivity index (χ0v) is 11.8. The summed E-state index contributed by atoms with van der Waals surface area (Å²) in [6.45, 7) is 0.803. The van der Waals surface area contributed by atoms with E-state index in [0.717, 1.165) is 36.3 Å². The van der Waals surface area contributed by atoms with Gasteiger partial charge in [0.25, 0.3) is 0 Å². The van der Waals surface area contributed by atoms with Gasteiger partial charge in [0.2, 0.25) is 0 Å². The Morgan fingerprint density at radius 2 is 2.30 bits per heavy atom. The van der Waals surface area contributed by atoms with Crippen molar-refractivity contribution in [2.75, 3.05) is 13.7 Å². The first-order chi connectivity index (χ1) is 9.65. The zero-order chi connectivity index (χ0) is 14.2. The maximum absolute atomic E-state index is 11.9. The van der Waals surface area contributed by atoms with E-state index in [9.17, 15) is 9.90 Å². The normalized spacial score (nSPS) is 25.1. The van der Waals surface area contributed by atoms with Gasteiger partial charge in [0, 0.05) is 0 Å². The summed E-state index contributed by atoms with van der Waals surface area (Å²) in [4.78, 5) is 11.9. The summed E-state index contributed by atoms with van der Waals surface area (Å²) in [5.74, 6) is 0.700. The van der Waals surface area contributed by atoms with Gasteiger partial charge in [0.05, 0.1) is 7.11 Å². The van der Waals surface area contributed by atoms with Gasteiger partial charge in [0.15, 0.2) is 0 Å². The number of carboxylic acid groups (broad SMARTS) is 1. The SMILES string of the molecule is COc1ccc2c(c1)CCCC2(NCC1CC1)C(=O)O. The van der Waals surface area contributed by atoms with Gasteiger partial charge in [-0.25, -0.2) is 4.79 Å². The Kier molecular flexibility index (Phi) is 3.42. The van der Waals surface area contributed by atoms with Crippen molar-refractivity contribution in [2.24, 2.45) is 5.92 Å².